The summed E-state index contributed by atoms with van der Waals surface area (Å²) in [6.45, 7) is 0. The number of rotatable bonds is 7. The maximum atomic E-state index is 5.41. The van der Waals surface area contributed by atoms with Crippen molar-refractivity contribution >= 4 is 0 Å². The van der Waals surface area contributed by atoms with Gasteiger partial charge in [0, 0.05) is 33.4 Å². The maximum absolute atomic E-state index is 5.41. The van der Waals surface area contributed by atoms with Crippen LogP contribution in [-0.4, -0.2) is 24.9 Å². The fourth-order valence-electron chi connectivity index (χ4n) is 10.4. The van der Waals surface area contributed by atoms with Gasteiger partial charge in [0.2, 0.25) is 0 Å². The first-order valence-corrected chi connectivity index (χ1v) is 22.7. The van der Waals surface area contributed by atoms with Crippen LogP contribution in [-0.2, 0) is 5.41 Å². The van der Waals surface area contributed by atoms with E-state index < -0.39 is 5.41 Å². The Labute approximate surface area is 388 Å². The van der Waals surface area contributed by atoms with Crippen molar-refractivity contribution in [3.63, 3.8) is 0 Å². The van der Waals surface area contributed by atoms with Gasteiger partial charge in [-0.25, -0.2) is 24.9 Å². The predicted molar refractivity (Wildman–Crippen MR) is 270 cm³/mol. The van der Waals surface area contributed by atoms with Crippen molar-refractivity contribution in [3.05, 3.63) is 259 Å². The lowest BCUT2D eigenvalue weighted by molar-refractivity contribution is 0.794. The smallest absolute Gasteiger partial charge is 0.164 e. The average molecular weight is 854 g/mol. The van der Waals surface area contributed by atoms with Crippen molar-refractivity contribution in [3.8, 4) is 101 Å². The van der Waals surface area contributed by atoms with E-state index >= 15 is 0 Å². The van der Waals surface area contributed by atoms with Crippen molar-refractivity contribution in [2.24, 2.45) is 0 Å². The number of hydrogen-bond acceptors (Lipinski definition) is 5. The van der Waals surface area contributed by atoms with E-state index in [1.54, 1.807) is 0 Å². The lowest BCUT2D eigenvalue weighted by Crippen LogP contribution is -2.25. The molecule has 0 bridgehead atoms. The molecular weight excluding hydrogens is 815 g/mol. The zero-order chi connectivity index (χ0) is 44.3. The fourth-order valence-corrected chi connectivity index (χ4v) is 10.4. The molecule has 2 aromatic heterocycles. The van der Waals surface area contributed by atoms with Crippen LogP contribution >= 0.6 is 0 Å². The van der Waals surface area contributed by atoms with Crippen LogP contribution < -0.4 is 0 Å². The zero-order valence-corrected chi connectivity index (χ0v) is 36.3. The normalized spacial score (nSPS) is 12.6. The summed E-state index contributed by atoms with van der Waals surface area (Å²) in [5, 5.41) is 0. The second-order valence-corrected chi connectivity index (χ2v) is 17.1. The van der Waals surface area contributed by atoms with Gasteiger partial charge in [0.05, 0.1) is 16.8 Å². The molecule has 0 radical (unpaired) electrons. The monoisotopic (exact) mass is 853 g/mol. The van der Waals surface area contributed by atoms with Gasteiger partial charge < -0.3 is 0 Å². The standard InChI is InChI=1S/C62H39N5/c1-4-19-40(20-5-1)58-63-55(39-56(64-58)50-32-18-36-54-57(50)49-31-12-15-35-53(49)62(54)51-33-13-10-29-47(51)48-30-11-14-34-52(48)62)45-27-16-25-43(37-45)44-26-17-28-46(38-44)61-66-59(41-21-6-2-7-22-41)65-60(67-61)42-23-8-3-9-24-42/h1-39H. The Morgan fingerprint density at radius 2 is 0.582 bits per heavy atom. The molecule has 13 rings (SSSR count). The summed E-state index contributed by atoms with van der Waals surface area (Å²) in [6.07, 6.45) is 0. The van der Waals surface area contributed by atoms with Gasteiger partial charge in [-0.15, -0.1) is 0 Å². The summed E-state index contributed by atoms with van der Waals surface area (Å²) in [7, 11) is 0. The fraction of sp³-hybridized carbons (Fsp3) is 0.0161. The molecule has 0 saturated heterocycles. The van der Waals surface area contributed by atoms with E-state index in [4.69, 9.17) is 24.9 Å². The van der Waals surface area contributed by atoms with Gasteiger partial charge in [-0.1, -0.05) is 218 Å². The summed E-state index contributed by atoms with van der Waals surface area (Å²) >= 11 is 0. The van der Waals surface area contributed by atoms with Crippen LogP contribution in [0.15, 0.2) is 237 Å². The first-order chi connectivity index (χ1) is 33.2. The zero-order valence-electron chi connectivity index (χ0n) is 36.3. The van der Waals surface area contributed by atoms with Gasteiger partial charge in [-0.3, -0.25) is 0 Å². The van der Waals surface area contributed by atoms with Gasteiger partial charge in [0.25, 0.3) is 0 Å². The predicted octanol–water partition coefficient (Wildman–Crippen LogP) is 14.7. The molecule has 2 aliphatic rings. The van der Waals surface area contributed by atoms with Crippen molar-refractivity contribution < 1.29 is 0 Å². The third kappa shape index (κ3) is 6.28. The number of hydrogen-bond donors (Lipinski definition) is 0. The van der Waals surface area contributed by atoms with Crippen molar-refractivity contribution in [2.75, 3.05) is 0 Å². The SMILES string of the molecule is c1ccc(-c2nc(-c3cccc(-c4cccc(-c5nc(-c6ccccc6)nc(-c6ccccc6)n5)c4)c3)cc(-c3cccc4c3-c3ccccc3C43c4ccccc4-c4ccccc43)n2)cc1. The molecule has 67 heavy (non-hydrogen) atoms. The molecule has 0 amide bonds. The minimum Gasteiger partial charge on any atom is -0.228 e. The van der Waals surface area contributed by atoms with Crippen LogP contribution in [0, 0.1) is 0 Å². The van der Waals surface area contributed by atoms with E-state index in [1.807, 2.05) is 78.9 Å². The molecule has 5 heteroatoms. The third-order valence-electron chi connectivity index (χ3n) is 13.4. The Kier molecular flexibility index (Phi) is 9.00. The van der Waals surface area contributed by atoms with Gasteiger partial charge in [0.15, 0.2) is 23.3 Å². The number of nitrogens with zero attached hydrogens (tertiary/aromatic N) is 5. The molecule has 0 aliphatic heterocycles. The molecule has 0 unspecified atom stereocenters. The lowest BCUT2D eigenvalue weighted by Gasteiger charge is -2.30. The van der Waals surface area contributed by atoms with E-state index in [-0.39, 0.29) is 0 Å². The molecule has 1 spiro atoms. The molecule has 0 fully saturated rings. The first kappa shape index (κ1) is 38.5. The molecule has 11 aromatic rings. The van der Waals surface area contributed by atoms with E-state index in [2.05, 4.69) is 158 Å². The first-order valence-electron chi connectivity index (χ1n) is 22.7. The second kappa shape index (κ2) is 15.7. The summed E-state index contributed by atoms with van der Waals surface area (Å²) in [6, 6.07) is 83.3. The Morgan fingerprint density at radius 3 is 1.15 bits per heavy atom. The van der Waals surface area contributed by atoms with Gasteiger partial charge in [-0.05, 0) is 73.8 Å². The molecule has 312 valence electrons. The molecule has 0 N–H and O–H groups in total. The van der Waals surface area contributed by atoms with Crippen LogP contribution in [0.3, 0.4) is 0 Å². The topological polar surface area (TPSA) is 64.5 Å². The van der Waals surface area contributed by atoms with E-state index in [0.717, 1.165) is 55.9 Å². The summed E-state index contributed by atoms with van der Waals surface area (Å²) in [4.78, 5) is 25.7. The summed E-state index contributed by atoms with van der Waals surface area (Å²) in [5.41, 5.74) is 19.4. The quantitative estimate of drug-likeness (QED) is 0.160. The molecule has 5 nitrogen and oxygen atoms in total. The Hall–Kier alpha value is -8.93. The van der Waals surface area contributed by atoms with Crippen LogP contribution in [0.4, 0.5) is 0 Å². The number of fused-ring (bicyclic) bond motifs is 10. The molecule has 0 saturated carbocycles. The van der Waals surface area contributed by atoms with Crippen molar-refractivity contribution in [1.29, 1.82) is 0 Å². The summed E-state index contributed by atoms with van der Waals surface area (Å²) in [5.74, 6) is 2.55. The van der Waals surface area contributed by atoms with Gasteiger partial charge >= 0.3 is 0 Å². The number of benzene rings is 9. The lowest BCUT2D eigenvalue weighted by atomic mass is 9.70. The minimum absolute atomic E-state index is 0.455. The number of aromatic nitrogens is 5. The Morgan fingerprint density at radius 1 is 0.224 bits per heavy atom. The van der Waals surface area contributed by atoms with Crippen molar-refractivity contribution in [1.82, 2.24) is 24.9 Å². The highest BCUT2D eigenvalue weighted by molar-refractivity contribution is 6.00. The van der Waals surface area contributed by atoms with Crippen LogP contribution in [0.5, 0.6) is 0 Å². The highest BCUT2D eigenvalue weighted by Gasteiger charge is 2.52. The van der Waals surface area contributed by atoms with Gasteiger partial charge in [0.1, 0.15) is 0 Å². The highest BCUT2D eigenvalue weighted by atomic mass is 15.0. The maximum Gasteiger partial charge on any atom is 0.164 e. The largest absolute Gasteiger partial charge is 0.228 e. The second-order valence-electron chi connectivity index (χ2n) is 17.1. The average Bonchev–Trinajstić information content (AvgIpc) is 3.89. The third-order valence-corrected chi connectivity index (χ3v) is 13.4. The van der Waals surface area contributed by atoms with E-state index in [9.17, 15) is 0 Å². The van der Waals surface area contributed by atoms with Crippen LogP contribution in [0.25, 0.3) is 101 Å². The molecular formula is C62H39N5. The molecule has 2 aliphatic carbocycles. The Bertz CT molecular complexity index is 3590. The van der Waals surface area contributed by atoms with Crippen molar-refractivity contribution in [2.45, 2.75) is 5.41 Å². The highest BCUT2D eigenvalue weighted by Crippen LogP contribution is 2.63. The van der Waals surface area contributed by atoms with Crippen LogP contribution in [0.2, 0.25) is 0 Å². The molecule has 0 atom stereocenters. The van der Waals surface area contributed by atoms with Crippen LogP contribution in [0.1, 0.15) is 22.3 Å². The Balaban J connectivity index is 0.953. The molecule has 2 heterocycles. The minimum atomic E-state index is -0.455. The van der Waals surface area contributed by atoms with E-state index in [1.165, 1.54) is 44.5 Å². The van der Waals surface area contributed by atoms with E-state index in [0.29, 0.717) is 23.3 Å². The molecule has 9 aromatic carbocycles. The van der Waals surface area contributed by atoms with Gasteiger partial charge in [-0.2, -0.15) is 0 Å². The summed E-state index contributed by atoms with van der Waals surface area (Å²) < 4.78 is 0.